The van der Waals surface area contributed by atoms with Crippen LogP contribution in [0.1, 0.15) is 11.4 Å². The van der Waals surface area contributed by atoms with Crippen LogP contribution in [0.5, 0.6) is 5.75 Å². The average Bonchev–Trinajstić information content (AvgIpc) is 3.11. The van der Waals surface area contributed by atoms with E-state index >= 15 is 0 Å². The van der Waals surface area contributed by atoms with Crippen molar-refractivity contribution in [2.45, 2.75) is 13.5 Å². The van der Waals surface area contributed by atoms with Gasteiger partial charge in [-0.05, 0) is 41.5 Å². The van der Waals surface area contributed by atoms with Crippen molar-refractivity contribution in [3.63, 3.8) is 0 Å². The van der Waals surface area contributed by atoms with Gasteiger partial charge in [-0.3, -0.25) is 0 Å². The zero-order valence-corrected chi connectivity index (χ0v) is 13.6. The molecule has 0 radical (unpaired) electrons. The Labute approximate surface area is 143 Å². The molecule has 0 spiro atoms. The van der Waals surface area contributed by atoms with E-state index in [4.69, 9.17) is 9.26 Å². The number of nitrogens with zero attached hydrogens (tertiary/aromatic N) is 2. The fourth-order valence-corrected chi connectivity index (χ4v) is 2.70. The minimum absolute atomic E-state index is 0.0363. The highest BCUT2D eigenvalue weighted by molar-refractivity contribution is 5.94. The first-order chi connectivity index (χ1) is 12.2. The summed E-state index contributed by atoms with van der Waals surface area (Å²) in [6, 6.07) is 18.6. The topological polar surface area (TPSA) is 48.2 Å². The van der Waals surface area contributed by atoms with Crippen LogP contribution in [0.25, 0.3) is 22.2 Å². The van der Waals surface area contributed by atoms with Crippen LogP contribution >= 0.6 is 0 Å². The molecule has 0 amide bonds. The molecule has 0 aliphatic heterocycles. The van der Waals surface area contributed by atoms with Crippen molar-refractivity contribution < 1.29 is 13.7 Å². The molecule has 0 saturated heterocycles. The third-order valence-corrected chi connectivity index (χ3v) is 3.93. The van der Waals surface area contributed by atoms with Crippen molar-refractivity contribution in [3.8, 4) is 17.2 Å². The Balaban J connectivity index is 1.59. The molecule has 0 aliphatic carbocycles. The molecule has 0 atom stereocenters. The molecule has 4 aromatic rings. The van der Waals surface area contributed by atoms with Gasteiger partial charge in [-0.1, -0.05) is 47.6 Å². The van der Waals surface area contributed by atoms with Crippen molar-refractivity contribution in [2.24, 2.45) is 0 Å². The molecule has 124 valence electrons. The van der Waals surface area contributed by atoms with Gasteiger partial charge >= 0.3 is 0 Å². The van der Waals surface area contributed by atoms with Crippen LogP contribution in [0, 0.1) is 12.7 Å². The predicted octanol–water partition coefficient (Wildman–Crippen LogP) is 4.92. The lowest BCUT2D eigenvalue weighted by Crippen LogP contribution is -1.99. The summed E-state index contributed by atoms with van der Waals surface area (Å²) in [5, 5.41) is 6.06. The van der Waals surface area contributed by atoms with Crippen molar-refractivity contribution in [3.05, 3.63) is 77.9 Å². The Bertz CT molecular complexity index is 1040. The first kappa shape index (κ1) is 15.3. The molecule has 1 heterocycles. The highest BCUT2D eigenvalue weighted by atomic mass is 19.1. The lowest BCUT2D eigenvalue weighted by atomic mass is 10.0. The zero-order chi connectivity index (χ0) is 17.2. The minimum Gasteiger partial charge on any atom is -0.482 e. The molecular weight excluding hydrogens is 319 g/mol. The van der Waals surface area contributed by atoms with Crippen LogP contribution < -0.4 is 4.74 Å². The summed E-state index contributed by atoms with van der Waals surface area (Å²) in [6.45, 7) is 1.91. The smallest absolute Gasteiger partial charge is 0.258 e. The summed E-state index contributed by atoms with van der Waals surface area (Å²) in [5.74, 6) is 0.545. The van der Waals surface area contributed by atoms with Crippen LogP contribution in [-0.4, -0.2) is 10.1 Å². The van der Waals surface area contributed by atoms with E-state index in [0.29, 0.717) is 11.7 Å². The van der Waals surface area contributed by atoms with Crippen LogP contribution in [-0.2, 0) is 6.61 Å². The number of rotatable bonds is 4. The molecule has 0 saturated carbocycles. The first-order valence-corrected chi connectivity index (χ1v) is 7.90. The van der Waals surface area contributed by atoms with Gasteiger partial charge in [-0.15, -0.1) is 0 Å². The van der Waals surface area contributed by atoms with E-state index in [1.165, 1.54) is 6.07 Å². The van der Waals surface area contributed by atoms with E-state index in [1.54, 1.807) is 12.1 Å². The van der Waals surface area contributed by atoms with E-state index in [-0.39, 0.29) is 12.4 Å². The number of aromatic nitrogens is 2. The normalized spacial score (nSPS) is 11.0. The van der Waals surface area contributed by atoms with Gasteiger partial charge in [0.25, 0.3) is 5.89 Å². The Hall–Kier alpha value is -3.21. The Morgan fingerprint density at radius 3 is 2.80 bits per heavy atom. The maximum atomic E-state index is 13.7. The first-order valence-electron chi connectivity index (χ1n) is 7.90. The molecule has 0 aliphatic rings. The third-order valence-electron chi connectivity index (χ3n) is 3.93. The van der Waals surface area contributed by atoms with Gasteiger partial charge in [0.15, 0.2) is 18.2 Å². The van der Waals surface area contributed by atoms with Gasteiger partial charge in [0.2, 0.25) is 5.82 Å². The van der Waals surface area contributed by atoms with Crippen molar-refractivity contribution in [2.75, 3.05) is 0 Å². The van der Waals surface area contributed by atoms with Gasteiger partial charge in [-0.25, -0.2) is 4.39 Å². The molecule has 3 aromatic carbocycles. The Morgan fingerprint density at radius 2 is 1.88 bits per heavy atom. The fraction of sp³-hybridized carbons (Fsp3) is 0.100. The SMILES string of the molecule is Cc1ccc(F)c(OCc2noc(-c3cccc4ccccc34)n2)c1. The van der Waals surface area contributed by atoms with Gasteiger partial charge in [0.05, 0.1) is 0 Å². The maximum absolute atomic E-state index is 13.7. The Kier molecular flexibility index (Phi) is 3.90. The summed E-state index contributed by atoms with van der Waals surface area (Å²) < 4.78 is 24.6. The third kappa shape index (κ3) is 3.08. The summed E-state index contributed by atoms with van der Waals surface area (Å²) in [5.41, 5.74) is 1.78. The van der Waals surface area contributed by atoms with E-state index < -0.39 is 5.82 Å². The molecule has 0 unspecified atom stereocenters. The molecule has 4 rings (SSSR count). The highest BCUT2D eigenvalue weighted by Crippen LogP contribution is 2.27. The van der Waals surface area contributed by atoms with Crippen LogP contribution in [0.4, 0.5) is 4.39 Å². The summed E-state index contributed by atoms with van der Waals surface area (Å²) in [7, 11) is 0. The van der Waals surface area contributed by atoms with Gasteiger partial charge in [0, 0.05) is 5.56 Å². The van der Waals surface area contributed by atoms with Gasteiger partial charge < -0.3 is 9.26 Å². The monoisotopic (exact) mass is 334 g/mol. The van der Waals surface area contributed by atoms with Gasteiger partial charge in [-0.2, -0.15) is 4.98 Å². The van der Waals surface area contributed by atoms with Gasteiger partial charge in [0.1, 0.15) is 0 Å². The second-order valence-corrected chi connectivity index (χ2v) is 5.77. The predicted molar refractivity (Wildman–Crippen MR) is 92.7 cm³/mol. The second kappa shape index (κ2) is 6.36. The number of fused-ring (bicyclic) bond motifs is 1. The number of hydrogen-bond acceptors (Lipinski definition) is 4. The molecule has 0 fully saturated rings. The number of halogens is 1. The van der Waals surface area contributed by atoms with Crippen LogP contribution in [0.15, 0.2) is 65.2 Å². The molecular formula is C20H15FN2O2. The van der Waals surface area contributed by atoms with Crippen LogP contribution in [0.3, 0.4) is 0 Å². The van der Waals surface area contributed by atoms with Crippen LogP contribution in [0.2, 0.25) is 0 Å². The lowest BCUT2D eigenvalue weighted by Gasteiger charge is -2.05. The maximum Gasteiger partial charge on any atom is 0.258 e. The molecule has 25 heavy (non-hydrogen) atoms. The van der Waals surface area contributed by atoms with E-state index in [2.05, 4.69) is 10.1 Å². The number of benzene rings is 3. The average molecular weight is 334 g/mol. The van der Waals surface area contributed by atoms with Crippen molar-refractivity contribution in [1.82, 2.24) is 10.1 Å². The number of hydrogen-bond donors (Lipinski definition) is 0. The molecule has 5 heteroatoms. The largest absolute Gasteiger partial charge is 0.482 e. The summed E-state index contributed by atoms with van der Waals surface area (Å²) in [4.78, 5) is 4.37. The van der Waals surface area contributed by atoms with Crippen molar-refractivity contribution >= 4 is 10.8 Å². The summed E-state index contributed by atoms with van der Waals surface area (Å²) in [6.07, 6.45) is 0. The second-order valence-electron chi connectivity index (χ2n) is 5.77. The van der Waals surface area contributed by atoms with Crippen molar-refractivity contribution in [1.29, 1.82) is 0 Å². The number of ether oxygens (including phenoxy) is 1. The molecule has 0 N–H and O–H groups in total. The molecule has 4 nitrogen and oxygen atoms in total. The standard InChI is InChI=1S/C20H15FN2O2/c1-13-9-10-17(21)18(11-13)24-12-19-22-20(25-23-19)16-8-4-6-14-5-2-3-7-15(14)16/h2-11H,12H2,1H3. The molecule has 1 aromatic heterocycles. The van der Waals surface area contributed by atoms with E-state index in [1.807, 2.05) is 49.4 Å². The quantitative estimate of drug-likeness (QED) is 0.532. The number of aryl methyl sites for hydroxylation is 1. The minimum atomic E-state index is -0.414. The molecule has 0 bridgehead atoms. The van der Waals surface area contributed by atoms with E-state index in [9.17, 15) is 4.39 Å². The highest BCUT2D eigenvalue weighted by Gasteiger charge is 2.13. The lowest BCUT2D eigenvalue weighted by molar-refractivity contribution is 0.273. The zero-order valence-electron chi connectivity index (χ0n) is 13.6. The fourth-order valence-electron chi connectivity index (χ4n) is 2.70. The van der Waals surface area contributed by atoms with E-state index in [0.717, 1.165) is 21.9 Å². The Morgan fingerprint density at radius 1 is 1.04 bits per heavy atom. The summed E-state index contributed by atoms with van der Waals surface area (Å²) >= 11 is 0.